The van der Waals surface area contributed by atoms with E-state index in [0.717, 1.165) is 12.8 Å². The van der Waals surface area contributed by atoms with Gasteiger partial charge in [0.2, 0.25) is 5.75 Å². The van der Waals surface area contributed by atoms with Crippen molar-refractivity contribution in [3.05, 3.63) is 28.3 Å². The number of nitro groups is 1. The summed E-state index contributed by atoms with van der Waals surface area (Å²) in [5, 5.41) is 10.8. The molecule has 17 heavy (non-hydrogen) atoms. The van der Waals surface area contributed by atoms with Crippen LogP contribution in [0.5, 0.6) is 11.5 Å². The molecule has 1 fully saturated rings. The van der Waals surface area contributed by atoms with E-state index < -0.39 is 4.92 Å². The lowest BCUT2D eigenvalue weighted by molar-refractivity contribution is -0.386. The molecule has 0 N–H and O–H groups in total. The van der Waals surface area contributed by atoms with Crippen LogP contribution < -0.4 is 9.47 Å². The van der Waals surface area contributed by atoms with E-state index in [1.54, 1.807) is 12.1 Å². The first kappa shape index (κ1) is 12.2. The maximum Gasteiger partial charge on any atom is 0.311 e. The van der Waals surface area contributed by atoms with E-state index in [4.69, 9.17) is 9.47 Å². The minimum atomic E-state index is -0.445. The fraction of sp³-hybridized carbons (Fsp3) is 0.455. The topological polar surface area (TPSA) is 61.6 Å². The van der Waals surface area contributed by atoms with Crippen LogP contribution in [-0.2, 0) is 0 Å². The monoisotopic (exact) mass is 301 g/mol. The highest BCUT2D eigenvalue weighted by atomic mass is 79.9. The summed E-state index contributed by atoms with van der Waals surface area (Å²) in [6.07, 6.45) is 1.79. The molecule has 1 aromatic rings. The Labute approximate surface area is 107 Å². The molecule has 0 amide bonds. The fourth-order valence-electron chi connectivity index (χ4n) is 1.64. The van der Waals surface area contributed by atoms with Gasteiger partial charge >= 0.3 is 5.69 Å². The number of halogens is 1. The number of hydrogen-bond donors (Lipinski definition) is 0. The summed E-state index contributed by atoms with van der Waals surface area (Å²) in [5.41, 5.74) is -0.0242. The van der Waals surface area contributed by atoms with Crippen LogP contribution in [0.3, 0.4) is 0 Å². The third kappa shape index (κ3) is 2.69. The zero-order chi connectivity index (χ0) is 12.4. The quantitative estimate of drug-likeness (QED) is 0.487. The molecule has 0 aromatic heterocycles. The molecule has 1 saturated carbocycles. The first-order chi connectivity index (χ1) is 8.10. The lowest BCUT2D eigenvalue weighted by Crippen LogP contribution is -2.34. The number of nitro benzene ring substituents is 1. The molecule has 0 atom stereocenters. The molecule has 1 aliphatic carbocycles. The lowest BCUT2D eigenvalue weighted by Gasteiger charge is -2.31. The Morgan fingerprint density at radius 2 is 2.18 bits per heavy atom. The van der Waals surface area contributed by atoms with Crippen molar-refractivity contribution in [3.8, 4) is 11.5 Å². The van der Waals surface area contributed by atoms with Crippen molar-refractivity contribution >= 4 is 21.6 Å². The second-order valence-corrected chi connectivity index (χ2v) is 5.19. The van der Waals surface area contributed by atoms with Gasteiger partial charge in [-0.3, -0.25) is 10.1 Å². The Kier molecular flexibility index (Phi) is 3.51. The summed E-state index contributed by atoms with van der Waals surface area (Å²) in [5.74, 6) is 0.832. The average molecular weight is 302 g/mol. The largest absolute Gasteiger partial charge is 0.497 e. The van der Waals surface area contributed by atoms with Crippen molar-refractivity contribution in [1.82, 2.24) is 0 Å². The van der Waals surface area contributed by atoms with E-state index in [9.17, 15) is 10.1 Å². The van der Waals surface area contributed by atoms with Crippen molar-refractivity contribution < 1.29 is 14.4 Å². The van der Waals surface area contributed by atoms with Crippen molar-refractivity contribution in [2.75, 3.05) is 7.11 Å². The predicted molar refractivity (Wildman–Crippen MR) is 66.0 cm³/mol. The van der Waals surface area contributed by atoms with Crippen LogP contribution in [0.4, 0.5) is 5.69 Å². The van der Waals surface area contributed by atoms with Gasteiger partial charge in [-0.15, -0.1) is 0 Å². The minimum Gasteiger partial charge on any atom is -0.497 e. The molecule has 0 spiro atoms. The molecular formula is C11H12BrNO4. The number of ether oxygens (including phenoxy) is 2. The molecular weight excluding hydrogens is 290 g/mol. The number of methoxy groups -OCH3 is 1. The third-order valence-electron chi connectivity index (χ3n) is 2.69. The average Bonchev–Trinajstić information content (AvgIpc) is 2.26. The Morgan fingerprint density at radius 3 is 2.71 bits per heavy atom. The first-order valence-electron chi connectivity index (χ1n) is 5.23. The highest BCUT2D eigenvalue weighted by molar-refractivity contribution is 9.09. The molecule has 6 heteroatoms. The van der Waals surface area contributed by atoms with Crippen molar-refractivity contribution in [3.63, 3.8) is 0 Å². The standard InChI is InChI=1S/C11H12BrNO4/c1-16-8-2-3-10(13(14)15)11(6-8)17-9-4-7(12)5-9/h2-3,6-7,9H,4-5H2,1H3. The molecule has 0 aliphatic heterocycles. The molecule has 0 saturated heterocycles. The first-order valence-corrected chi connectivity index (χ1v) is 6.15. The van der Waals surface area contributed by atoms with Crippen LogP contribution in [0.1, 0.15) is 12.8 Å². The smallest absolute Gasteiger partial charge is 0.311 e. The normalized spacial score (nSPS) is 22.7. The van der Waals surface area contributed by atoms with Gasteiger partial charge in [-0.25, -0.2) is 0 Å². The fourth-order valence-corrected chi connectivity index (χ4v) is 2.48. The second-order valence-electron chi connectivity index (χ2n) is 3.90. The van der Waals surface area contributed by atoms with Gasteiger partial charge in [0.15, 0.2) is 0 Å². The Balaban J connectivity index is 2.19. The van der Waals surface area contributed by atoms with E-state index in [-0.39, 0.29) is 17.5 Å². The van der Waals surface area contributed by atoms with Crippen LogP contribution in [0.15, 0.2) is 18.2 Å². The molecule has 92 valence electrons. The van der Waals surface area contributed by atoms with Crippen molar-refractivity contribution in [2.24, 2.45) is 0 Å². The Morgan fingerprint density at radius 1 is 1.47 bits per heavy atom. The van der Waals surface area contributed by atoms with E-state index in [0.29, 0.717) is 10.6 Å². The van der Waals surface area contributed by atoms with E-state index >= 15 is 0 Å². The summed E-state index contributed by atoms with van der Waals surface area (Å²) < 4.78 is 10.6. The maximum absolute atomic E-state index is 10.8. The molecule has 5 nitrogen and oxygen atoms in total. The number of nitrogens with zero attached hydrogens (tertiary/aromatic N) is 1. The van der Waals surface area contributed by atoms with Gasteiger partial charge in [0.05, 0.1) is 12.0 Å². The SMILES string of the molecule is COc1ccc([N+](=O)[O-])c(OC2CC(Br)C2)c1. The molecule has 0 unspecified atom stereocenters. The van der Waals surface area contributed by atoms with E-state index in [2.05, 4.69) is 15.9 Å². The van der Waals surface area contributed by atoms with Gasteiger partial charge in [0.1, 0.15) is 11.9 Å². The second kappa shape index (κ2) is 4.91. The summed E-state index contributed by atoms with van der Waals surface area (Å²) in [6, 6.07) is 4.51. The summed E-state index contributed by atoms with van der Waals surface area (Å²) in [7, 11) is 1.52. The van der Waals surface area contributed by atoms with E-state index in [1.165, 1.54) is 13.2 Å². The zero-order valence-corrected chi connectivity index (χ0v) is 10.8. The predicted octanol–water partition coefficient (Wildman–Crippen LogP) is 2.91. The highest BCUT2D eigenvalue weighted by Gasteiger charge is 2.30. The number of hydrogen-bond acceptors (Lipinski definition) is 4. The lowest BCUT2D eigenvalue weighted by atomic mass is 9.96. The van der Waals surface area contributed by atoms with Crippen LogP contribution in [0.25, 0.3) is 0 Å². The van der Waals surface area contributed by atoms with Gasteiger partial charge in [0, 0.05) is 17.0 Å². The number of alkyl halides is 1. The molecule has 0 bridgehead atoms. The van der Waals surface area contributed by atoms with Gasteiger partial charge in [-0.2, -0.15) is 0 Å². The molecule has 1 aliphatic rings. The molecule has 2 rings (SSSR count). The Bertz CT molecular complexity index is 431. The van der Waals surface area contributed by atoms with Gasteiger partial charge in [-0.1, -0.05) is 15.9 Å². The zero-order valence-electron chi connectivity index (χ0n) is 9.26. The third-order valence-corrected chi connectivity index (χ3v) is 3.44. The summed E-state index contributed by atoms with van der Waals surface area (Å²) in [4.78, 5) is 10.9. The van der Waals surface area contributed by atoms with Crippen molar-refractivity contribution in [2.45, 2.75) is 23.8 Å². The van der Waals surface area contributed by atoms with E-state index in [1.807, 2.05) is 0 Å². The van der Waals surface area contributed by atoms with Crippen LogP contribution in [0.2, 0.25) is 0 Å². The summed E-state index contributed by atoms with van der Waals surface area (Å²) >= 11 is 3.45. The molecule has 1 aromatic carbocycles. The van der Waals surface area contributed by atoms with Crippen LogP contribution in [-0.4, -0.2) is 23.0 Å². The van der Waals surface area contributed by atoms with Gasteiger partial charge in [-0.05, 0) is 18.9 Å². The van der Waals surface area contributed by atoms with Crippen LogP contribution in [0, 0.1) is 10.1 Å². The van der Waals surface area contributed by atoms with Gasteiger partial charge in [0.25, 0.3) is 0 Å². The Hall–Kier alpha value is -1.30. The molecule has 0 heterocycles. The van der Waals surface area contributed by atoms with Crippen molar-refractivity contribution in [1.29, 1.82) is 0 Å². The van der Waals surface area contributed by atoms with Crippen LogP contribution >= 0.6 is 15.9 Å². The summed E-state index contributed by atoms with van der Waals surface area (Å²) in [6.45, 7) is 0. The molecule has 0 radical (unpaired) electrons. The number of rotatable bonds is 4. The highest BCUT2D eigenvalue weighted by Crippen LogP contribution is 2.36. The minimum absolute atomic E-state index is 0.0242. The number of benzene rings is 1. The maximum atomic E-state index is 10.8. The van der Waals surface area contributed by atoms with Gasteiger partial charge < -0.3 is 9.47 Å².